The van der Waals surface area contributed by atoms with Crippen molar-refractivity contribution in [1.82, 2.24) is 10.3 Å². The van der Waals surface area contributed by atoms with Crippen molar-refractivity contribution >= 4 is 33.2 Å². The van der Waals surface area contributed by atoms with Crippen molar-refractivity contribution in [2.24, 2.45) is 0 Å². The molecule has 17 heavy (non-hydrogen) atoms. The van der Waals surface area contributed by atoms with Crippen LogP contribution >= 0.6 is 22.9 Å². The van der Waals surface area contributed by atoms with Crippen LogP contribution in [0.2, 0.25) is 5.02 Å². The minimum atomic E-state index is 0.238. The van der Waals surface area contributed by atoms with Crippen LogP contribution < -0.4 is 5.32 Å². The van der Waals surface area contributed by atoms with Gasteiger partial charge in [-0.2, -0.15) is 0 Å². The van der Waals surface area contributed by atoms with Gasteiger partial charge in [-0.1, -0.05) is 18.5 Å². The van der Waals surface area contributed by atoms with E-state index in [1.807, 2.05) is 23.5 Å². The van der Waals surface area contributed by atoms with E-state index in [2.05, 4.69) is 18.3 Å². The van der Waals surface area contributed by atoms with Gasteiger partial charge in [-0.3, -0.25) is 0 Å². The van der Waals surface area contributed by atoms with Gasteiger partial charge in [0.15, 0.2) is 0 Å². The lowest BCUT2D eigenvalue weighted by Crippen LogP contribution is -2.37. The standard InChI is InChI=1S/C13H15ClN2S/c1-13(4-6-15-7-5-13)12-16-10-8-9(14)2-3-11(10)17-12/h2-3,8,15H,4-7H2,1H3. The van der Waals surface area contributed by atoms with E-state index in [0.29, 0.717) is 0 Å². The summed E-state index contributed by atoms with van der Waals surface area (Å²) in [7, 11) is 0. The highest BCUT2D eigenvalue weighted by Gasteiger charge is 2.31. The van der Waals surface area contributed by atoms with Crippen molar-refractivity contribution in [2.75, 3.05) is 13.1 Å². The molecule has 0 saturated carbocycles. The number of fused-ring (bicyclic) bond motifs is 1. The van der Waals surface area contributed by atoms with Crippen molar-refractivity contribution < 1.29 is 0 Å². The average Bonchev–Trinajstić information content (AvgIpc) is 2.73. The Morgan fingerprint density at radius 2 is 2.12 bits per heavy atom. The normalized spacial score (nSPS) is 19.6. The average molecular weight is 267 g/mol. The summed E-state index contributed by atoms with van der Waals surface area (Å²) in [5.74, 6) is 0. The molecule has 1 aromatic heterocycles. The molecule has 0 bridgehead atoms. The van der Waals surface area contributed by atoms with Gasteiger partial charge in [0.05, 0.1) is 15.2 Å². The maximum Gasteiger partial charge on any atom is 0.0998 e. The summed E-state index contributed by atoms with van der Waals surface area (Å²) in [6.45, 7) is 4.51. The molecule has 1 fully saturated rings. The lowest BCUT2D eigenvalue weighted by molar-refractivity contribution is 0.334. The van der Waals surface area contributed by atoms with Crippen LogP contribution in [0.1, 0.15) is 24.8 Å². The molecular weight excluding hydrogens is 252 g/mol. The highest BCUT2D eigenvalue weighted by Crippen LogP contribution is 2.38. The summed E-state index contributed by atoms with van der Waals surface area (Å²) in [6.07, 6.45) is 2.33. The maximum absolute atomic E-state index is 6.00. The Morgan fingerprint density at radius 1 is 1.35 bits per heavy atom. The number of nitrogens with one attached hydrogen (secondary N) is 1. The van der Waals surface area contributed by atoms with E-state index >= 15 is 0 Å². The molecule has 1 N–H and O–H groups in total. The third-order valence-electron chi connectivity index (χ3n) is 3.57. The van der Waals surface area contributed by atoms with E-state index in [-0.39, 0.29) is 5.41 Å². The molecule has 0 spiro atoms. The zero-order valence-corrected chi connectivity index (χ0v) is 11.4. The smallest absolute Gasteiger partial charge is 0.0998 e. The third-order valence-corrected chi connectivity index (χ3v) is 5.15. The van der Waals surface area contributed by atoms with Gasteiger partial charge >= 0.3 is 0 Å². The SMILES string of the molecule is CC1(c2nc3cc(Cl)ccc3s2)CCNCC1. The topological polar surface area (TPSA) is 24.9 Å². The first-order valence-corrected chi connectivity index (χ1v) is 7.14. The van der Waals surface area contributed by atoms with E-state index in [1.165, 1.54) is 22.5 Å². The highest BCUT2D eigenvalue weighted by molar-refractivity contribution is 7.18. The number of thiazole rings is 1. The lowest BCUT2D eigenvalue weighted by Gasteiger charge is -2.31. The number of benzene rings is 1. The summed E-state index contributed by atoms with van der Waals surface area (Å²) in [6, 6.07) is 5.97. The third kappa shape index (κ3) is 2.07. The number of aromatic nitrogens is 1. The number of hydrogen-bond donors (Lipinski definition) is 1. The van der Waals surface area contributed by atoms with Gasteiger partial charge in [0.1, 0.15) is 0 Å². The van der Waals surface area contributed by atoms with Crippen LogP contribution in [0.25, 0.3) is 10.2 Å². The van der Waals surface area contributed by atoms with Crippen molar-refractivity contribution in [3.63, 3.8) is 0 Å². The molecule has 4 heteroatoms. The first kappa shape index (κ1) is 11.5. The molecule has 1 aromatic carbocycles. The molecule has 0 atom stereocenters. The van der Waals surface area contributed by atoms with Crippen LogP contribution in [0.15, 0.2) is 18.2 Å². The van der Waals surface area contributed by atoms with E-state index in [1.54, 1.807) is 0 Å². The predicted molar refractivity (Wildman–Crippen MR) is 74.1 cm³/mol. The predicted octanol–water partition coefficient (Wildman–Crippen LogP) is 3.59. The molecule has 0 amide bonds. The van der Waals surface area contributed by atoms with E-state index in [9.17, 15) is 0 Å². The molecule has 2 heterocycles. The molecule has 0 aliphatic carbocycles. The second-order valence-corrected chi connectivity index (χ2v) is 6.41. The maximum atomic E-state index is 6.00. The molecule has 90 valence electrons. The highest BCUT2D eigenvalue weighted by atomic mass is 35.5. The van der Waals surface area contributed by atoms with E-state index in [0.717, 1.165) is 23.6 Å². The van der Waals surface area contributed by atoms with Crippen LogP contribution in [0, 0.1) is 0 Å². The number of hydrogen-bond acceptors (Lipinski definition) is 3. The van der Waals surface area contributed by atoms with Gasteiger partial charge < -0.3 is 5.32 Å². The lowest BCUT2D eigenvalue weighted by atomic mass is 9.82. The van der Waals surface area contributed by atoms with Crippen molar-refractivity contribution in [2.45, 2.75) is 25.2 Å². The van der Waals surface area contributed by atoms with Gasteiger partial charge in [-0.15, -0.1) is 11.3 Å². The first-order valence-electron chi connectivity index (χ1n) is 5.95. The molecule has 1 aliphatic rings. The zero-order chi connectivity index (χ0) is 11.9. The van der Waals surface area contributed by atoms with Crippen LogP contribution in [-0.2, 0) is 5.41 Å². The van der Waals surface area contributed by atoms with E-state index < -0.39 is 0 Å². The molecular formula is C13H15ClN2S. The summed E-state index contributed by atoms with van der Waals surface area (Å²) in [5.41, 5.74) is 1.28. The Morgan fingerprint density at radius 3 is 2.88 bits per heavy atom. The number of halogens is 1. The minimum absolute atomic E-state index is 0.238. The molecule has 0 unspecified atom stereocenters. The molecule has 2 nitrogen and oxygen atoms in total. The second-order valence-electron chi connectivity index (χ2n) is 4.94. The summed E-state index contributed by atoms with van der Waals surface area (Å²) >= 11 is 7.82. The zero-order valence-electron chi connectivity index (χ0n) is 9.79. The summed E-state index contributed by atoms with van der Waals surface area (Å²) < 4.78 is 1.24. The van der Waals surface area contributed by atoms with E-state index in [4.69, 9.17) is 16.6 Å². The quantitative estimate of drug-likeness (QED) is 0.853. The van der Waals surface area contributed by atoms with Gasteiger partial charge in [-0.25, -0.2) is 4.98 Å². The number of piperidine rings is 1. The second kappa shape index (κ2) is 4.23. The van der Waals surface area contributed by atoms with Gasteiger partial charge in [0.2, 0.25) is 0 Å². The van der Waals surface area contributed by atoms with Gasteiger partial charge in [-0.05, 0) is 44.1 Å². The molecule has 1 aliphatic heterocycles. The first-order chi connectivity index (χ1) is 8.17. The molecule has 1 saturated heterocycles. The monoisotopic (exact) mass is 266 g/mol. The summed E-state index contributed by atoms with van der Waals surface area (Å²) in [4.78, 5) is 4.78. The van der Waals surface area contributed by atoms with Crippen LogP contribution in [0.5, 0.6) is 0 Å². The van der Waals surface area contributed by atoms with Crippen molar-refractivity contribution in [1.29, 1.82) is 0 Å². The molecule has 3 rings (SSSR count). The minimum Gasteiger partial charge on any atom is -0.317 e. The van der Waals surface area contributed by atoms with Gasteiger partial charge in [0.25, 0.3) is 0 Å². The Balaban J connectivity index is 2.05. The van der Waals surface area contributed by atoms with Crippen LogP contribution in [-0.4, -0.2) is 18.1 Å². The fraction of sp³-hybridized carbons (Fsp3) is 0.462. The largest absolute Gasteiger partial charge is 0.317 e. The van der Waals surface area contributed by atoms with Crippen LogP contribution in [0.4, 0.5) is 0 Å². The van der Waals surface area contributed by atoms with Gasteiger partial charge in [0, 0.05) is 10.4 Å². The molecule has 2 aromatic rings. The van der Waals surface area contributed by atoms with Crippen molar-refractivity contribution in [3.8, 4) is 0 Å². The Labute approximate surface area is 110 Å². The Hall–Kier alpha value is -0.640. The fourth-order valence-electron chi connectivity index (χ4n) is 2.35. The Kier molecular flexibility index (Phi) is 2.85. The van der Waals surface area contributed by atoms with Crippen LogP contribution in [0.3, 0.4) is 0 Å². The Bertz CT molecular complexity index is 543. The fourth-order valence-corrected chi connectivity index (χ4v) is 3.67. The molecule has 0 radical (unpaired) electrons. The summed E-state index contributed by atoms with van der Waals surface area (Å²) in [5, 5.41) is 5.44. The number of rotatable bonds is 1. The number of nitrogens with zero attached hydrogens (tertiary/aromatic N) is 1. The van der Waals surface area contributed by atoms with Crippen molar-refractivity contribution in [3.05, 3.63) is 28.2 Å².